The van der Waals surface area contributed by atoms with Crippen molar-refractivity contribution in [3.8, 4) is 0 Å². The van der Waals surface area contributed by atoms with Crippen molar-refractivity contribution in [2.24, 2.45) is 17.8 Å². The fraction of sp³-hybridized carbons (Fsp3) is 0.667. The average Bonchev–Trinajstić information content (AvgIpc) is 3.06. The standard InChI is InChI=1S/C18H26IN/c1-2-9-20-18(16-5-3-4-6-17(16)19)12-15-11-13-7-8-14(15)10-13/h3-6,13-15,18,20H,2,7-12H2,1H3. The van der Waals surface area contributed by atoms with E-state index < -0.39 is 0 Å². The van der Waals surface area contributed by atoms with E-state index in [9.17, 15) is 0 Å². The number of fused-ring (bicyclic) bond motifs is 2. The van der Waals surface area contributed by atoms with Crippen molar-refractivity contribution in [2.45, 2.75) is 51.5 Å². The summed E-state index contributed by atoms with van der Waals surface area (Å²) in [6.07, 6.45) is 8.60. The maximum atomic E-state index is 3.81. The number of rotatable bonds is 6. The Balaban J connectivity index is 1.71. The van der Waals surface area contributed by atoms with Crippen LogP contribution in [0.5, 0.6) is 0 Å². The van der Waals surface area contributed by atoms with Crippen LogP contribution in [0.1, 0.15) is 57.1 Å². The van der Waals surface area contributed by atoms with E-state index in [1.165, 1.54) is 47.7 Å². The molecule has 2 heteroatoms. The van der Waals surface area contributed by atoms with Crippen molar-refractivity contribution in [1.82, 2.24) is 5.32 Å². The first-order valence-electron chi connectivity index (χ1n) is 8.25. The monoisotopic (exact) mass is 383 g/mol. The number of hydrogen-bond donors (Lipinski definition) is 1. The summed E-state index contributed by atoms with van der Waals surface area (Å²) >= 11 is 2.50. The lowest BCUT2D eigenvalue weighted by atomic mass is 9.82. The van der Waals surface area contributed by atoms with Crippen molar-refractivity contribution >= 4 is 22.6 Å². The number of halogens is 1. The molecule has 0 radical (unpaired) electrons. The van der Waals surface area contributed by atoms with Crippen LogP contribution < -0.4 is 5.32 Å². The van der Waals surface area contributed by atoms with E-state index in [-0.39, 0.29) is 0 Å². The summed E-state index contributed by atoms with van der Waals surface area (Å²) in [5.41, 5.74) is 1.52. The Bertz CT molecular complexity index is 445. The predicted molar refractivity (Wildman–Crippen MR) is 93.7 cm³/mol. The van der Waals surface area contributed by atoms with E-state index in [1.54, 1.807) is 0 Å². The van der Waals surface area contributed by atoms with E-state index in [1.807, 2.05) is 0 Å². The van der Waals surface area contributed by atoms with Crippen LogP contribution in [0.25, 0.3) is 0 Å². The fourth-order valence-corrected chi connectivity index (χ4v) is 5.13. The molecule has 20 heavy (non-hydrogen) atoms. The third-order valence-electron chi connectivity index (χ3n) is 5.34. The van der Waals surface area contributed by atoms with E-state index in [2.05, 4.69) is 59.1 Å². The number of benzene rings is 1. The lowest BCUT2D eigenvalue weighted by Gasteiger charge is -2.28. The van der Waals surface area contributed by atoms with Gasteiger partial charge in [-0.3, -0.25) is 0 Å². The molecular formula is C18H26IN. The number of nitrogens with one attached hydrogen (secondary N) is 1. The molecule has 0 amide bonds. The second kappa shape index (κ2) is 6.78. The fourth-order valence-electron chi connectivity index (χ4n) is 4.36. The van der Waals surface area contributed by atoms with Gasteiger partial charge in [0.1, 0.15) is 0 Å². The van der Waals surface area contributed by atoms with Crippen LogP contribution in [0, 0.1) is 21.3 Å². The van der Waals surface area contributed by atoms with Crippen LogP contribution >= 0.6 is 22.6 Å². The third-order valence-corrected chi connectivity index (χ3v) is 6.33. The molecule has 3 rings (SSSR count). The van der Waals surface area contributed by atoms with E-state index >= 15 is 0 Å². The van der Waals surface area contributed by atoms with Crippen LogP contribution in [0.3, 0.4) is 0 Å². The molecule has 2 fully saturated rings. The maximum Gasteiger partial charge on any atom is 0.0333 e. The molecule has 0 saturated heterocycles. The second-order valence-electron chi connectivity index (χ2n) is 6.70. The lowest BCUT2D eigenvalue weighted by molar-refractivity contribution is 0.279. The molecule has 1 aromatic carbocycles. The van der Waals surface area contributed by atoms with Gasteiger partial charge in [-0.1, -0.05) is 31.5 Å². The summed E-state index contributed by atoms with van der Waals surface area (Å²) < 4.78 is 1.42. The lowest BCUT2D eigenvalue weighted by Crippen LogP contribution is -2.27. The van der Waals surface area contributed by atoms with Gasteiger partial charge in [0.15, 0.2) is 0 Å². The molecule has 4 atom stereocenters. The summed E-state index contributed by atoms with van der Waals surface area (Å²) in [7, 11) is 0. The van der Waals surface area contributed by atoms with Gasteiger partial charge in [0, 0.05) is 9.61 Å². The zero-order chi connectivity index (χ0) is 13.9. The van der Waals surface area contributed by atoms with Gasteiger partial charge in [-0.05, 0) is 90.6 Å². The Morgan fingerprint density at radius 2 is 2.10 bits per heavy atom. The molecule has 1 N–H and O–H groups in total. The largest absolute Gasteiger partial charge is 0.310 e. The summed E-state index contributed by atoms with van der Waals surface area (Å²) in [5.74, 6) is 3.07. The molecule has 2 saturated carbocycles. The molecule has 2 bridgehead atoms. The number of hydrogen-bond acceptors (Lipinski definition) is 1. The summed E-state index contributed by atoms with van der Waals surface area (Å²) in [6, 6.07) is 9.48. The molecule has 1 nitrogen and oxygen atoms in total. The summed E-state index contributed by atoms with van der Waals surface area (Å²) in [5, 5.41) is 3.81. The highest BCUT2D eigenvalue weighted by Crippen LogP contribution is 2.51. The zero-order valence-electron chi connectivity index (χ0n) is 12.4. The summed E-state index contributed by atoms with van der Waals surface area (Å²) in [4.78, 5) is 0. The Morgan fingerprint density at radius 1 is 1.25 bits per heavy atom. The minimum Gasteiger partial charge on any atom is -0.310 e. The first-order chi connectivity index (χ1) is 9.78. The highest BCUT2D eigenvalue weighted by molar-refractivity contribution is 14.1. The van der Waals surface area contributed by atoms with E-state index in [4.69, 9.17) is 0 Å². The SMILES string of the molecule is CCCNC(CC1CC2CCC1C2)c1ccccc1I. The van der Waals surface area contributed by atoms with Crippen molar-refractivity contribution in [3.05, 3.63) is 33.4 Å². The van der Waals surface area contributed by atoms with Crippen LogP contribution in [-0.4, -0.2) is 6.54 Å². The topological polar surface area (TPSA) is 12.0 Å². The molecule has 4 unspecified atom stereocenters. The van der Waals surface area contributed by atoms with Crippen LogP contribution in [0.4, 0.5) is 0 Å². The van der Waals surface area contributed by atoms with Crippen LogP contribution in [0.2, 0.25) is 0 Å². The second-order valence-corrected chi connectivity index (χ2v) is 7.86. The molecule has 2 aliphatic carbocycles. The van der Waals surface area contributed by atoms with Gasteiger partial charge in [0.05, 0.1) is 0 Å². The smallest absolute Gasteiger partial charge is 0.0333 e. The van der Waals surface area contributed by atoms with E-state index in [0.717, 1.165) is 24.3 Å². The zero-order valence-corrected chi connectivity index (χ0v) is 14.6. The van der Waals surface area contributed by atoms with Gasteiger partial charge in [0.2, 0.25) is 0 Å². The van der Waals surface area contributed by atoms with Crippen molar-refractivity contribution in [3.63, 3.8) is 0 Å². The van der Waals surface area contributed by atoms with E-state index in [0.29, 0.717) is 6.04 Å². The quantitative estimate of drug-likeness (QED) is 0.670. The maximum absolute atomic E-state index is 3.81. The highest BCUT2D eigenvalue weighted by Gasteiger charge is 2.40. The van der Waals surface area contributed by atoms with Gasteiger partial charge in [-0.2, -0.15) is 0 Å². The first-order valence-corrected chi connectivity index (χ1v) is 9.33. The predicted octanol–water partition coefficient (Wildman–Crippen LogP) is 5.16. The molecule has 0 aliphatic heterocycles. The third kappa shape index (κ3) is 3.22. The molecule has 0 aromatic heterocycles. The van der Waals surface area contributed by atoms with Gasteiger partial charge in [-0.25, -0.2) is 0 Å². The molecule has 110 valence electrons. The Hall–Kier alpha value is -0.0900. The first kappa shape index (κ1) is 14.8. The summed E-state index contributed by atoms with van der Waals surface area (Å²) in [6.45, 7) is 3.40. The molecule has 0 heterocycles. The normalized spacial score (nSPS) is 29.8. The minimum absolute atomic E-state index is 0.562. The minimum atomic E-state index is 0.562. The van der Waals surface area contributed by atoms with Crippen molar-refractivity contribution < 1.29 is 0 Å². The Kier molecular flexibility index (Phi) is 5.03. The van der Waals surface area contributed by atoms with Gasteiger partial charge < -0.3 is 5.32 Å². The van der Waals surface area contributed by atoms with Gasteiger partial charge >= 0.3 is 0 Å². The molecule has 2 aliphatic rings. The van der Waals surface area contributed by atoms with Crippen LogP contribution in [-0.2, 0) is 0 Å². The van der Waals surface area contributed by atoms with Crippen LogP contribution in [0.15, 0.2) is 24.3 Å². The van der Waals surface area contributed by atoms with Crippen molar-refractivity contribution in [2.75, 3.05) is 6.54 Å². The van der Waals surface area contributed by atoms with Gasteiger partial charge in [0.25, 0.3) is 0 Å². The average molecular weight is 383 g/mol. The Labute approximate surface area is 137 Å². The highest BCUT2D eigenvalue weighted by atomic mass is 127. The van der Waals surface area contributed by atoms with Crippen molar-refractivity contribution in [1.29, 1.82) is 0 Å². The molecular weight excluding hydrogens is 357 g/mol. The molecule has 0 spiro atoms. The Morgan fingerprint density at radius 3 is 2.75 bits per heavy atom. The van der Waals surface area contributed by atoms with Gasteiger partial charge in [-0.15, -0.1) is 0 Å². The molecule has 1 aromatic rings.